The molecule has 2 nitrogen and oxygen atoms in total. The van der Waals surface area contributed by atoms with E-state index < -0.39 is 17.4 Å². The number of fused-ring (bicyclic) bond motifs is 2. The van der Waals surface area contributed by atoms with Gasteiger partial charge in [0.2, 0.25) is 0 Å². The molecule has 0 aliphatic carbocycles. The molecule has 14 heavy (non-hydrogen) atoms. The van der Waals surface area contributed by atoms with E-state index in [9.17, 15) is 14.0 Å². The molecule has 1 N–H and O–H groups in total. The van der Waals surface area contributed by atoms with Crippen LogP contribution < -0.4 is 0 Å². The molecule has 4 unspecified atom stereocenters. The Morgan fingerprint density at radius 2 is 2.00 bits per heavy atom. The quantitative estimate of drug-likeness (QED) is 0.656. The number of piperidine rings is 2. The van der Waals surface area contributed by atoms with Crippen LogP contribution in [0, 0.1) is 0 Å². The predicted octanol–water partition coefficient (Wildman–Crippen LogP) is 2.46. The summed E-state index contributed by atoms with van der Waals surface area (Å²) in [6.07, 6.45) is 0.0439. The Morgan fingerprint density at radius 3 is 2.57 bits per heavy atom. The van der Waals surface area contributed by atoms with Gasteiger partial charge in [0, 0.05) is 18.0 Å². The minimum Gasteiger partial charge on any atom is -0.313 e. The van der Waals surface area contributed by atoms with Crippen molar-refractivity contribution in [3.8, 4) is 0 Å². The molecule has 82 valence electrons. The van der Waals surface area contributed by atoms with Gasteiger partial charge in [0.1, 0.15) is 11.8 Å². The van der Waals surface area contributed by atoms with E-state index in [-0.39, 0.29) is 31.7 Å². The first kappa shape index (κ1) is 10.3. The molecule has 0 amide bonds. The van der Waals surface area contributed by atoms with Gasteiger partial charge in [-0.2, -0.15) is 5.06 Å². The van der Waals surface area contributed by atoms with Gasteiger partial charge in [-0.15, -0.1) is 0 Å². The molecular formula is C10H17F2NO. The Hall–Kier alpha value is -0.220. The zero-order valence-corrected chi connectivity index (χ0v) is 8.63. The molecule has 2 heterocycles. The average molecular weight is 205 g/mol. The van der Waals surface area contributed by atoms with E-state index in [1.165, 1.54) is 5.06 Å². The number of nitrogens with zero attached hydrogens (tertiary/aromatic N) is 1. The summed E-state index contributed by atoms with van der Waals surface area (Å²) in [6.45, 7) is 3.28. The summed E-state index contributed by atoms with van der Waals surface area (Å²) in [6, 6.07) is -0.354. The van der Waals surface area contributed by atoms with Crippen LogP contribution in [0.5, 0.6) is 0 Å². The zero-order valence-electron chi connectivity index (χ0n) is 8.63. The van der Waals surface area contributed by atoms with Crippen molar-refractivity contribution < 1.29 is 14.0 Å². The van der Waals surface area contributed by atoms with Crippen molar-refractivity contribution in [3.63, 3.8) is 0 Å². The maximum absolute atomic E-state index is 13.9. The number of halogens is 2. The van der Waals surface area contributed by atoms with E-state index in [4.69, 9.17) is 0 Å². The maximum atomic E-state index is 13.9. The van der Waals surface area contributed by atoms with Gasteiger partial charge >= 0.3 is 0 Å². The van der Waals surface area contributed by atoms with Gasteiger partial charge in [0.15, 0.2) is 0 Å². The first-order valence-electron chi connectivity index (χ1n) is 5.14. The van der Waals surface area contributed by atoms with Crippen LogP contribution >= 0.6 is 0 Å². The Balaban J connectivity index is 2.26. The van der Waals surface area contributed by atoms with Gasteiger partial charge in [-0.3, -0.25) is 0 Å². The fraction of sp³-hybridized carbons (Fsp3) is 1.00. The van der Waals surface area contributed by atoms with Crippen LogP contribution in [0.1, 0.15) is 39.5 Å². The summed E-state index contributed by atoms with van der Waals surface area (Å²) in [7, 11) is 0. The van der Waals surface area contributed by atoms with Crippen LogP contribution in [0.4, 0.5) is 8.78 Å². The van der Waals surface area contributed by atoms with Crippen molar-refractivity contribution in [1.82, 2.24) is 5.06 Å². The Labute approximate surface area is 82.9 Å². The summed E-state index contributed by atoms with van der Waals surface area (Å²) in [5.41, 5.74) is -1.98. The molecule has 2 rings (SSSR count). The molecule has 0 aromatic heterocycles. The van der Waals surface area contributed by atoms with Gasteiger partial charge in [0.25, 0.3) is 0 Å². The van der Waals surface area contributed by atoms with Gasteiger partial charge in [-0.25, -0.2) is 8.78 Å². The molecule has 2 fully saturated rings. The molecule has 4 atom stereocenters. The lowest BCUT2D eigenvalue weighted by Crippen LogP contribution is -2.63. The summed E-state index contributed by atoms with van der Waals surface area (Å²) in [5, 5.41) is 11.0. The highest BCUT2D eigenvalue weighted by Gasteiger charge is 2.53. The van der Waals surface area contributed by atoms with Crippen molar-refractivity contribution in [2.24, 2.45) is 0 Å². The van der Waals surface area contributed by atoms with E-state index in [1.807, 2.05) is 0 Å². The molecule has 2 saturated heterocycles. The predicted molar refractivity (Wildman–Crippen MR) is 48.7 cm³/mol. The first-order valence-corrected chi connectivity index (χ1v) is 5.14. The molecule has 4 heteroatoms. The van der Waals surface area contributed by atoms with Crippen molar-refractivity contribution in [3.05, 3.63) is 0 Å². The van der Waals surface area contributed by atoms with E-state index in [1.54, 1.807) is 13.8 Å². The van der Waals surface area contributed by atoms with Crippen LogP contribution in [0.25, 0.3) is 0 Å². The SMILES string of the molecule is CC1(F)CC2CC(F)CC(C)(C1)N2O. The third-order valence-electron chi connectivity index (χ3n) is 3.50. The van der Waals surface area contributed by atoms with Gasteiger partial charge in [0.05, 0.1) is 0 Å². The zero-order chi connectivity index (χ0) is 10.6. The van der Waals surface area contributed by atoms with E-state index in [0.29, 0.717) is 0 Å². The second-order valence-corrected chi connectivity index (χ2v) is 5.33. The van der Waals surface area contributed by atoms with Crippen molar-refractivity contribution in [2.45, 2.75) is 63.0 Å². The summed E-state index contributed by atoms with van der Waals surface area (Å²) in [4.78, 5) is 0. The monoisotopic (exact) mass is 205 g/mol. The highest BCUT2D eigenvalue weighted by atomic mass is 19.1. The minimum absolute atomic E-state index is 0.216. The fourth-order valence-corrected chi connectivity index (χ4v) is 3.17. The highest BCUT2D eigenvalue weighted by molar-refractivity contribution is 5.04. The summed E-state index contributed by atoms with van der Waals surface area (Å²) >= 11 is 0. The molecule has 0 saturated carbocycles. The number of alkyl halides is 2. The third kappa shape index (κ3) is 1.54. The first-order chi connectivity index (χ1) is 6.32. The Morgan fingerprint density at radius 1 is 1.36 bits per heavy atom. The topological polar surface area (TPSA) is 23.5 Å². The Bertz CT molecular complexity index is 246. The molecule has 2 aliphatic heterocycles. The van der Waals surface area contributed by atoms with E-state index >= 15 is 0 Å². The normalized spacial score (nSPS) is 54.6. The highest BCUT2D eigenvalue weighted by Crippen LogP contribution is 2.46. The number of rotatable bonds is 0. The molecule has 0 aromatic rings. The molecule has 2 aliphatic rings. The second kappa shape index (κ2) is 2.89. The number of hydrogen-bond acceptors (Lipinski definition) is 2. The summed E-state index contributed by atoms with van der Waals surface area (Å²) < 4.78 is 27.2. The molecule has 2 bridgehead atoms. The number of hydrogen-bond donors (Lipinski definition) is 1. The van der Waals surface area contributed by atoms with Crippen LogP contribution in [0.2, 0.25) is 0 Å². The molecular weight excluding hydrogens is 188 g/mol. The van der Waals surface area contributed by atoms with Crippen LogP contribution in [-0.4, -0.2) is 33.7 Å². The lowest BCUT2D eigenvalue weighted by Gasteiger charge is -2.54. The lowest BCUT2D eigenvalue weighted by atomic mass is 9.71. The van der Waals surface area contributed by atoms with E-state index in [0.717, 1.165) is 0 Å². The van der Waals surface area contributed by atoms with Gasteiger partial charge in [-0.05, 0) is 33.1 Å². The molecule has 0 spiro atoms. The molecule has 0 aromatic carbocycles. The largest absolute Gasteiger partial charge is 0.313 e. The molecule has 0 radical (unpaired) electrons. The van der Waals surface area contributed by atoms with Crippen molar-refractivity contribution in [2.75, 3.05) is 0 Å². The Kier molecular flexibility index (Phi) is 2.13. The van der Waals surface area contributed by atoms with Crippen LogP contribution in [0.3, 0.4) is 0 Å². The minimum atomic E-state index is -1.27. The van der Waals surface area contributed by atoms with Crippen LogP contribution in [-0.2, 0) is 0 Å². The lowest BCUT2D eigenvalue weighted by molar-refractivity contribution is -0.264. The number of hydroxylamine groups is 2. The maximum Gasteiger partial charge on any atom is 0.111 e. The summed E-state index contributed by atoms with van der Waals surface area (Å²) in [5.74, 6) is 0. The van der Waals surface area contributed by atoms with Crippen molar-refractivity contribution in [1.29, 1.82) is 0 Å². The van der Waals surface area contributed by atoms with Crippen molar-refractivity contribution >= 4 is 0 Å². The smallest absolute Gasteiger partial charge is 0.111 e. The van der Waals surface area contributed by atoms with E-state index in [2.05, 4.69) is 0 Å². The fourth-order valence-electron chi connectivity index (χ4n) is 3.17. The van der Waals surface area contributed by atoms with Gasteiger partial charge < -0.3 is 5.21 Å². The second-order valence-electron chi connectivity index (χ2n) is 5.33. The van der Waals surface area contributed by atoms with Crippen LogP contribution in [0.15, 0.2) is 0 Å². The third-order valence-corrected chi connectivity index (χ3v) is 3.50. The standard InChI is InChI=1S/C10H17F2NO/c1-9(12)5-8-3-7(11)4-10(2,6-9)13(8)14/h7-8,14H,3-6H2,1-2H3. The van der Waals surface area contributed by atoms with Gasteiger partial charge in [-0.1, -0.05) is 0 Å². The average Bonchev–Trinajstić information content (AvgIpc) is 1.94.